The number of hydrogen-bond donors (Lipinski definition) is 2. The van der Waals surface area contributed by atoms with Gasteiger partial charge in [0.1, 0.15) is 6.54 Å². The average Bonchev–Trinajstić information content (AvgIpc) is 2.76. The third-order valence-electron chi connectivity index (χ3n) is 5.49. The first-order valence-corrected chi connectivity index (χ1v) is 10.3. The number of amides is 1. The molecular formula is C25H28N3O+. The molecule has 1 fully saturated rings. The Morgan fingerprint density at radius 2 is 1.38 bits per heavy atom. The fourth-order valence-electron chi connectivity index (χ4n) is 3.88. The van der Waals surface area contributed by atoms with Crippen molar-refractivity contribution < 1.29 is 9.69 Å². The zero-order chi connectivity index (χ0) is 19.9. The molecule has 148 valence electrons. The number of carbonyl (C=O) groups excluding carboxylic acids is 1. The van der Waals surface area contributed by atoms with E-state index in [1.807, 2.05) is 42.5 Å². The van der Waals surface area contributed by atoms with Crippen molar-refractivity contribution in [1.82, 2.24) is 0 Å². The summed E-state index contributed by atoms with van der Waals surface area (Å²) in [5, 5.41) is 2.99. The highest BCUT2D eigenvalue weighted by atomic mass is 16.1. The molecule has 0 aliphatic carbocycles. The van der Waals surface area contributed by atoms with Crippen LogP contribution < -0.4 is 15.1 Å². The first kappa shape index (κ1) is 19.2. The second-order valence-electron chi connectivity index (χ2n) is 7.66. The molecule has 3 aromatic rings. The smallest absolute Gasteiger partial charge is 0.228 e. The number of quaternary nitrogens is 1. The Morgan fingerprint density at radius 1 is 0.793 bits per heavy atom. The van der Waals surface area contributed by atoms with Crippen molar-refractivity contribution in [2.24, 2.45) is 0 Å². The minimum Gasteiger partial charge on any atom is -0.360 e. The molecule has 1 saturated heterocycles. The van der Waals surface area contributed by atoms with E-state index in [1.54, 1.807) is 4.90 Å². The molecule has 3 aromatic carbocycles. The second kappa shape index (κ2) is 9.39. The molecule has 0 bridgehead atoms. The van der Waals surface area contributed by atoms with Crippen LogP contribution in [-0.4, -0.2) is 32.1 Å². The van der Waals surface area contributed by atoms with Crippen LogP contribution in [0.25, 0.3) is 0 Å². The lowest BCUT2D eigenvalue weighted by Gasteiger charge is -2.33. The lowest BCUT2D eigenvalue weighted by Crippen LogP contribution is -3.13. The van der Waals surface area contributed by atoms with Crippen LogP contribution in [0.3, 0.4) is 0 Å². The van der Waals surface area contributed by atoms with Crippen LogP contribution in [0.4, 0.5) is 11.4 Å². The van der Waals surface area contributed by atoms with Gasteiger partial charge in [0.2, 0.25) is 5.91 Å². The fraction of sp³-hybridized carbons (Fsp3) is 0.240. The predicted octanol–water partition coefficient (Wildman–Crippen LogP) is 2.77. The van der Waals surface area contributed by atoms with E-state index in [0.29, 0.717) is 6.42 Å². The number of piperazine rings is 1. The summed E-state index contributed by atoms with van der Waals surface area (Å²) >= 11 is 0. The molecule has 4 nitrogen and oxygen atoms in total. The van der Waals surface area contributed by atoms with E-state index in [9.17, 15) is 4.79 Å². The van der Waals surface area contributed by atoms with Crippen molar-refractivity contribution in [1.29, 1.82) is 0 Å². The summed E-state index contributed by atoms with van der Waals surface area (Å²) in [6.45, 7) is 5.50. The summed E-state index contributed by atoms with van der Waals surface area (Å²) < 4.78 is 0. The summed E-state index contributed by atoms with van der Waals surface area (Å²) in [5.41, 5.74) is 4.51. The van der Waals surface area contributed by atoms with E-state index in [4.69, 9.17) is 0 Å². The summed E-state index contributed by atoms with van der Waals surface area (Å²) in [6, 6.07) is 28.8. The van der Waals surface area contributed by atoms with Gasteiger partial charge in [0, 0.05) is 16.9 Å². The lowest BCUT2D eigenvalue weighted by atomic mass is 10.1. The van der Waals surface area contributed by atoms with Gasteiger partial charge in [-0.25, -0.2) is 0 Å². The highest BCUT2D eigenvalue weighted by molar-refractivity contribution is 5.92. The third-order valence-corrected chi connectivity index (χ3v) is 5.49. The van der Waals surface area contributed by atoms with Gasteiger partial charge in [-0.2, -0.15) is 0 Å². The largest absolute Gasteiger partial charge is 0.360 e. The van der Waals surface area contributed by atoms with Crippen molar-refractivity contribution in [3.05, 3.63) is 96.1 Å². The lowest BCUT2D eigenvalue weighted by molar-refractivity contribution is -0.914. The number of rotatable bonds is 6. The van der Waals surface area contributed by atoms with Crippen LogP contribution in [0.2, 0.25) is 0 Å². The van der Waals surface area contributed by atoms with E-state index in [-0.39, 0.29) is 5.91 Å². The molecular weight excluding hydrogens is 358 g/mol. The van der Waals surface area contributed by atoms with Gasteiger partial charge in [-0.3, -0.25) is 4.79 Å². The van der Waals surface area contributed by atoms with Gasteiger partial charge >= 0.3 is 0 Å². The zero-order valence-corrected chi connectivity index (χ0v) is 16.7. The van der Waals surface area contributed by atoms with Crippen molar-refractivity contribution in [2.45, 2.75) is 13.0 Å². The van der Waals surface area contributed by atoms with Gasteiger partial charge in [-0.05, 0) is 29.8 Å². The Kier molecular flexibility index (Phi) is 6.22. The second-order valence-corrected chi connectivity index (χ2v) is 7.66. The van der Waals surface area contributed by atoms with Crippen molar-refractivity contribution >= 4 is 17.3 Å². The summed E-state index contributed by atoms with van der Waals surface area (Å²) in [6.07, 6.45) is 0.398. The number of carbonyl (C=O) groups is 1. The molecule has 4 heteroatoms. The standard InChI is InChI=1S/C25H27N3O/c29-25(19-21-7-3-1-4-8-21)26-23-11-13-24(14-12-23)28-17-15-27(16-18-28)20-22-9-5-2-6-10-22/h1-14H,15-20H2,(H,26,29)/p+1. The van der Waals surface area contributed by atoms with Crippen LogP contribution >= 0.6 is 0 Å². The number of nitrogens with zero attached hydrogens (tertiary/aromatic N) is 1. The van der Waals surface area contributed by atoms with Crippen molar-refractivity contribution in [3.63, 3.8) is 0 Å². The van der Waals surface area contributed by atoms with Gasteiger partial charge in [-0.15, -0.1) is 0 Å². The summed E-state index contributed by atoms with van der Waals surface area (Å²) in [7, 11) is 0. The van der Waals surface area contributed by atoms with Gasteiger partial charge in [0.05, 0.1) is 32.6 Å². The van der Waals surface area contributed by atoms with Crippen LogP contribution in [0, 0.1) is 0 Å². The Morgan fingerprint density at radius 3 is 2.00 bits per heavy atom. The van der Waals surface area contributed by atoms with Gasteiger partial charge in [-0.1, -0.05) is 60.7 Å². The van der Waals surface area contributed by atoms with E-state index in [1.165, 1.54) is 11.3 Å². The van der Waals surface area contributed by atoms with Gasteiger partial charge in [0.25, 0.3) is 0 Å². The highest BCUT2D eigenvalue weighted by Crippen LogP contribution is 2.18. The molecule has 1 amide bonds. The Balaban J connectivity index is 1.27. The maximum Gasteiger partial charge on any atom is 0.228 e. The Labute approximate surface area is 172 Å². The first-order valence-electron chi connectivity index (χ1n) is 10.3. The molecule has 2 N–H and O–H groups in total. The minimum atomic E-state index is 0.0158. The molecule has 29 heavy (non-hydrogen) atoms. The quantitative estimate of drug-likeness (QED) is 0.684. The molecule has 1 aliphatic heterocycles. The number of nitrogens with one attached hydrogen (secondary N) is 2. The third kappa shape index (κ3) is 5.46. The number of anilines is 2. The molecule has 0 unspecified atom stereocenters. The average molecular weight is 387 g/mol. The predicted molar refractivity (Wildman–Crippen MR) is 118 cm³/mol. The van der Waals surface area contributed by atoms with E-state index in [0.717, 1.165) is 44.0 Å². The number of benzene rings is 3. The van der Waals surface area contributed by atoms with Gasteiger partial charge in [0.15, 0.2) is 0 Å². The molecule has 0 aromatic heterocycles. The van der Waals surface area contributed by atoms with Gasteiger partial charge < -0.3 is 15.1 Å². The van der Waals surface area contributed by atoms with Crippen LogP contribution in [0.1, 0.15) is 11.1 Å². The monoisotopic (exact) mass is 386 g/mol. The first-order chi connectivity index (χ1) is 14.3. The topological polar surface area (TPSA) is 36.8 Å². The van der Waals surface area contributed by atoms with Crippen molar-refractivity contribution in [2.75, 3.05) is 36.4 Å². The molecule has 1 aliphatic rings. The van der Waals surface area contributed by atoms with E-state index >= 15 is 0 Å². The minimum absolute atomic E-state index is 0.0158. The molecule has 0 saturated carbocycles. The van der Waals surface area contributed by atoms with E-state index in [2.05, 4.69) is 52.7 Å². The molecule has 0 atom stereocenters. The normalized spacial score (nSPS) is 14.6. The van der Waals surface area contributed by atoms with Crippen LogP contribution in [-0.2, 0) is 17.8 Å². The Bertz CT molecular complexity index is 902. The van der Waals surface area contributed by atoms with Crippen LogP contribution in [0.15, 0.2) is 84.9 Å². The summed E-state index contributed by atoms with van der Waals surface area (Å²) in [5.74, 6) is 0.0158. The molecule has 4 rings (SSSR count). The zero-order valence-electron chi connectivity index (χ0n) is 16.7. The SMILES string of the molecule is O=C(Cc1ccccc1)Nc1ccc(N2CC[NH+](Cc3ccccc3)CC2)cc1. The van der Waals surface area contributed by atoms with E-state index < -0.39 is 0 Å². The maximum atomic E-state index is 12.2. The van der Waals surface area contributed by atoms with Crippen molar-refractivity contribution in [3.8, 4) is 0 Å². The van der Waals surface area contributed by atoms with Crippen LogP contribution in [0.5, 0.6) is 0 Å². The molecule has 1 heterocycles. The fourth-order valence-corrected chi connectivity index (χ4v) is 3.88. The number of hydrogen-bond acceptors (Lipinski definition) is 2. The summed E-state index contributed by atoms with van der Waals surface area (Å²) in [4.78, 5) is 16.3. The maximum absolute atomic E-state index is 12.2. The highest BCUT2D eigenvalue weighted by Gasteiger charge is 2.20. The molecule has 0 spiro atoms. The molecule has 0 radical (unpaired) electrons. The Hall–Kier alpha value is -3.11.